The number of hydrogen-bond acceptors (Lipinski definition) is 2. The van der Waals surface area contributed by atoms with Gasteiger partial charge in [-0.1, -0.05) is 13.8 Å². The monoisotopic (exact) mass is 250 g/mol. The van der Waals surface area contributed by atoms with Crippen LogP contribution in [0.25, 0.3) is 0 Å². The Morgan fingerprint density at radius 3 is 2.06 bits per heavy atom. The van der Waals surface area contributed by atoms with Crippen LogP contribution in [0.5, 0.6) is 0 Å². The number of hydrogen-bond donors (Lipinski definition) is 0. The van der Waals surface area contributed by atoms with Gasteiger partial charge >= 0.3 is 5.97 Å². The van der Waals surface area contributed by atoms with Crippen LogP contribution in [-0.4, -0.2) is 12.1 Å². The molecule has 0 N–H and O–H groups in total. The van der Waals surface area contributed by atoms with Crippen LogP contribution in [0.3, 0.4) is 0 Å². The van der Waals surface area contributed by atoms with Crippen molar-refractivity contribution in [3.63, 3.8) is 0 Å². The average molecular weight is 250 g/mol. The topological polar surface area (TPSA) is 26.3 Å². The summed E-state index contributed by atoms with van der Waals surface area (Å²) in [5.41, 5.74) is 0.640. The van der Waals surface area contributed by atoms with Crippen molar-refractivity contribution >= 4 is 5.97 Å². The largest absolute Gasteiger partial charge is 0.463 e. The minimum Gasteiger partial charge on any atom is -0.463 e. The van der Waals surface area contributed by atoms with Gasteiger partial charge in [-0.3, -0.25) is 4.79 Å². The van der Waals surface area contributed by atoms with Gasteiger partial charge in [0.15, 0.2) is 0 Å². The molecule has 0 heterocycles. The van der Waals surface area contributed by atoms with E-state index >= 15 is 0 Å². The molecule has 0 aromatic rings. The van der Waals surface area contributed by atoms with E-state index in [0.717, 1.165) is 25.2 Å². The number of ether oxygens (including phenoxy) is 1. The summed E-state index contributed by atoms with van der Waals surface area (Å²) in [5.74, 6) is 0.856. The normalized spacial score (nSPS) is 49.7. The highest BCUT2D eigenvalue weighted by atomic mass is 16.5. The zero-order valence-electron chi connectivity index (χ0n) is 12.2. The van der Waals surface area contributed by atoms with Gasteiger partial charge in [0.2, 0.25) is 0 Å². The Bertz CT molecular complexity index is 367. The number of carbonyl (C=O) groups is 1. The first-order valence-electron chi connectivity index (χ1n) is 7.46. The summed E-state index contributed by atoms with van der Waals surface area (Å²) < 4.78 is 5.59. The lowest BCUT2D eigenvalue weighted by Gasteiger charge is -2.64. The molecular weight excluding hydrogens is 224 g/mol. The zero-order valence-corrected chi connectivity index (χ0v) is 12.2. The maximum atomic E-state index is 12.6. The smallest absolute Gasteiger partial charge is 0.312 e. The molecule has 4 saturated carbocycles. The standard InChI is InChI=1S/C16H26O2/c1-11(2)18-13(17)16-7-12-5-14(3,9-16)8-15(4,6-12)10-16/h11-12H,5-10H2,1-4H3/t12?,14-,15+,16?. The molecule has 18 heavy (non-hydrogen) atoms. The van der Waals surface area contributed by atoms with E-state index in [-0.39, 0.29) is 17.5 Å². The van der Waals surface area contributed by atoms with Crippen LogP contribution in [0, 0.1) is 22.2 Å². The van der Waals surface area contributed by atoms with Gasteiger partial charge in [0.05, 0.1) is 11.5 Å². The van der Waals surface area contributed by atoms with Crippen LogP contribution in [0.2, 0.25) is 0 Å². The van der Waals surface area contributed by atoms with Gasteiger partial charge in [-0.2, -0.15) is 0 Å². The molecule has 0 radical (unpaired) electrons. The van der Waals surface area contributed by atoms with Crippen LogP contribution >= 0.6 is 0 Å². The van der Waals surface area contributed by atoms with Crippen LogP contribution in [-0.2, 0) is 9.53 Å². The van der Waals surface area contributed by atoms with E-state index in [1.807, 2.05) is 13.8 Å². The SMILES string of the molecule is CC(C)OC(=O)C12CC3C[C@@](C)(C1)C[C@](C)(C3)C2. The Labute approximate surface area is 110 Å². The summed E-state index contributed by atoms with van der Waals surface area (Å²) in [7, 11) is 0. The van der Waals surface area contributed by atoms with Crippen molar-refractivity contribution in [1.29, 1.82) is 0 Å². The third-order valence-corrected chi connectivity index (χ3v) is 5.40. The summed E-state index contributed by atoms with van der Waals surface area (Å²) in [4.78, 5) is 12.6. The Balaban J connectivity index is 1.91. The van der Waals surface area contributed by atoms with E-state index < -0.39 is 0 Å². The molecule has 0 amide bonds. The van der Waals surface area contributed by atoms with E-state index in [9.17, 15) is 4.79 Å². The molecule has 2 heteroatoms. The van der Waals surface area contributed by atoms with Crippen molar-refractivity contribution in [1.82, 2.24) is 0 Å². The molecular formula is C16H26O2. The van der Waals surface area contributed by atoms with Gasteiger partial charge in [0.1, 0.15) is 0 Å². The summed E-state index contributed by atoms with van der Waals surface area (Å²) >= 11 is 0. The lowest BCUT2D eigenvalue weighted by Crippen LogP contribution is -2.58. The van der Waals surface area contributed by atoms with E-state index in [1.54, 1.807) is 0 Å². The van der Waals surface area contributed by atoms with Crippen LogP contribution in [0.1, 0.15) is 66.2 Å². The third-order valence-electron chi connectivity index (χ3n) is 5.40. The van der Waals surface area contributed by atoms with E-state index in [2.05, 4.69) is 13.8 Å². The van der Waals surface area contributed by atoms with Gasteiger partial charge in [-0.25, -0.2) is 0 Å². The number of rotatable bonds is 2. The molecule has 0 saturated heterocycles. The number of esters is 1. The molecule has 2 nitrogen and oxygen atoms in total. The number of carbonyl (C=O) groups excluding carboxylic acids is 1. The van der Waals surface area contributed by atoms with Crippen molar-refractivity contribution in [2.24, 2.45) is 22.2 Å². The molecule has 4 rings (SSSR count). The summed E-state index contributed by atoms with van der Waals surface area (Å²) in [6.07, 6.45) is 7.22. The van der Waals surface area contributed by atoms with Gasteiger partial charge in [0, 0.05) is 0 Å². The third kappa shape index (κ3) is 1.80. The van der Waals surface area contributed by atoms with Gasteiger partial charge in [0.25, 0.3) is 0 Å². The summed E-state index contributed by atoms with van der Waals surface area (Å²) in [6.45, 7) is 8.71. The van der Waals surface area contributed by atoms with Crippen LogP contribution in [0.15, 0.2) is 0 Å². The lowest BCUT2D eigenvalue weighted by atomic mass is 9.40. The van der Waals surface area contributed by atoms with Crippen molar-refractivity contribution in [2.75, 3.05) is 0 Å². The second kappa shape index (κ2) is 3.52. The van der Waals surface area contributed by atoms with Crippen LogP contribution in [0.4, 0.5) is 0 Å². The predicted molar refractivity (Wildman–Crippen MR) is 71.1 cm³/mol. The fourth-order valence-corrected chi connectivity index (χ4v) is 6.01. The Hall–Kier alpha value is -0.530. The van der Waals surface area contributed by atoms with Gasteiger partial charge < -0.3 is 4.74 Å². The van der Waals surface area contributed by atoms with Crippen molar-refractivity contribution in [2.45, 2.75) is 72.3 Å². The first-order chi connectivity index (χ1) is 8.24. The first kappa shape index (κ1) is 12.5. The molecule has 0 spiro atoms. The fraction of sp³-hybridized carbons (Fsp3) is 0.938. The average Bonchev–Trinajstić information content (AvgIpc) is 2.09. The molecule has 4 aliphatic rings. The molecule has 0 aromatic heterocycles. The highest BCUT2D eigenvalue weighted by Gasteiger charge is 2.63. The van der Waals surface area contributed by atoms with E-state index in [4.69, 9.17) is 4.74 Å². The van der Waals surface area contributed by atoms with Crippen molar-refractivity contribution < 1.29 is 9.53 Å². The lowest BCUT2D eigenvalue weighted by molar-refractivity contribution is -0.194. The van der Waals surface area contributed by atoms with Gasteiger partial charge in [-0.05, 0) is 69.1 Å². The molecule has 4 fully saturated rings. The molecule has 102 valence electrons. The minimum atomic E-state index is -0.146. The quantitative estimate of drug-likeness (QED) is 0.694. The maximum absolute atomic E-state index is 12.6. The fourth-order valence-electron chi connectivity index (χ4n) is 6.01. The second-order valence-electron chi connectivity index (χ2n) is 8.36. The molecule has 4 bridgehead atoms. The molecule has 4 aliphatic carbocycles. The summed E-state index contributed by atoms with van der Waals surface area (Å²) in [6, 6.07) is 0. The Morgan fingerprint density at radius 2 is 1.61 bits per heavy atom. The minimum absolute atomic E-state index is 0.0196. The second-order valence-corrected chi connectivity index (χ2v) is 8.36. The van der Waals surface area contributed by atoms with Crippen molar-refractivity contribution in [3.8, 4) is 0 Å². The molecule has 4 atom stereocenters. The maximum Gasteiger partial charge on any atom is 0.312 e. The molecule has 0 aromatic carbocycles. The zero-order chi connectivity index (χ0) is 13.2. The predicted octanol–water partition coefficient (Wildman–Crippen LogP) is 3.93. The Kier molecular flexibility index (Phi) is 2.44. The van der Waals surface area contributed by atoms with Crippen LogP contribution < -0.4 is 0 Å². The van der Waals surface area contributed by atoms with Gasteiger partial charge in [-0.15, -0.1) is 0 Å². The summed E-state index contributed by atoms with van der Waals surface area (Å²) in [5, 5.41) is 0. The van der Waals surface area contributed by atoms with Crippen molar-refractivity contribution in [3.05, 3.63) is 0 Å². The first-order valence-corrected chi connectivity index (χ1v) is 7.46. The molecule has 2 unspecified atom stereocenters. The van der Waals surface area contributed by atoms with E-state index in [1.165, 1.54) is 19.3 Å². The van der Waals surface area contributed by atoms with E-state index in [0.29, 0.717) is 10.8 Å². The Morgan fingerprint density at radius 1 is 1.06 bits per heavy atom. The highest BCUT2D eigenvalue weighted by Crippen LogP contribution is 2.69. The molecule has 0 aliphatic heterocycles. The highest BCUT2D eigenvalue weighted by molar-refractivity contribution is 5.78.